The summed E-state index contributed by atoms with van der Waals surface area (Å²) in [6, 6.07) is 15.6. The Morgan fingerprint density at radius 3 is 3.00 bits per heavy atom. The van der Waals surface area contributed by atoms with Gasteiger partial charge in [0.2, 0.25) is 0 Å². The molecule has 0 fully saturated rings. The second kappa shape index (κ2) is 5.08. The maximum atomic E-state index is 5.36. The average molecular weight is 295 g/mol. The molecule has 0 saturated carbocycles. The standard InChI is InChI=1S/C18H17NOS/c1-20-15-5-2-12-3-6-17(16(12)11-15)19-14-4-7-18-13(10-14)8-9-21-18/h2,4-5,7-11,17,19H,3,6H2,1H3. The van der Waals surface area contributed by atoms with Crippen LogP contribution in [0.25, 0.3) is 10.1 Å². The van der Waals surface area contributed by atoms with E-state index in [9.17, 15) is 0 Å². The first-order valence-electron chi connectivity index (χ1n) is 7.24. The van der Waals surface area contributed by atoms with Crippen molar-refractivity contribution in [2.45, 2.75) is 18.9 Å². The summed E-state index contributed by atoms with van der Waals surface area (Å²) in [6.07, 6.45) is 2.28. The molecule has 1 unspecified atom stereocenters. The fourth-order valence-corrected chi connectivity index (χ4v) is 3.89. The second-order valence-corrected chi connectivity index (χ2v) is 6.42. The molecule has 0 amide bonds. The molecule has 1 N–H and O–H groups in total. The Morgan fingerprint density at radius 1 is 1.14 bits per heavy atom. The van der Waals surface area contributed by atoms with Crippen molar-refractivity contribution in [1.82, 2.24) is 0 Å². The maximum absolute atomic E-state index is 5.36. The van der Waals surface area contributed by atoms with Crippen LogP contribution in [0.3, 0.4) is 0 Å². The van der Waals surface area contributed by atoms with Crippen LogP contribution in [-0.4, -0.2) is 7.11 Å². The minimum atomic E-state index is 0.381. The minimum absolute atomic E-state index is 0.381. The Labute approximate surface area is 128 Å². The van der Waals surface area contributed by atoms with E-state index in [2.05, 4.69) is 53.2 Å². The number of rotatable bonds is 3. The summed E-state index contributed by atoms with van der Waals surface area (Å²) in [4.78, 5) is 0. The molecule has 2 nitrogen and oxygen atoms in total. The van der Waals surface area contributed by atoms with Crippen LogP contribution in [0.5, 0.6) is 5.75 Å². The van der Waals surface area contributed by atoms with Gasteiger partial charge in [-0.1, -0.05) is 6.07 Å². The lowest BCUT2D eigenvalue weighted by atomic mass is 10.1. The van der Waals surface area contributed by atoms with Gasteiger partial charge in [0, 0.05) is 10.4 Å². The number of benzene rings is 2. The van der Waals surface area contributed by atoms with Crippen molar-refractivity contribution < 1.29 is 4.74 Å². The third-order valence-corrected chi connectivity index (χ3v) is 5.12. The molecule has 0 radical (unpaired) electrons. The number of hydrogen-bond donors (Lipinski definition) is 1. The van der Waals surface area contributed by atoms with Gasteiger partial charge in [-0.05, 0) is 71.1 Å². The zero-order chi connectivity index (χ0) is 14.2. The third-order valence-electron chi connectivity index (χ3n) is 4.22. The van der Waals surface area contributed by atoms with Crippen LogP contribution < -0.4 is 10.1 Å². The van der Waals surface area contributed by atoms with Crippen molar-refractivity contribution in [3.8, 4) is 5.75 Å². The second-order valence-electron chi connectivity index (χ2n) is 5.47. The van der Waals surface area contributed by atoms with Gasteiger partial charge in [-0.25, -0.2) is 0 Å². The molecule has 21 heavy (non-hydrogen) atoms. The average Bonchev–Trinajstić information content (AvgIpc) is 3.13. The van der Waals surface area contributed by atoms with E-state index >= 15 is 0 Å². The Morgan fingerprint density at radius 2 is 2.10 bits per heavy atom. The van der Waals surface area contributed by atoms with Crippen LogP contribution in [-0.2, 0) is 6.42 Å². The fourth-order valence-electron chi connectivity index (χ4n) is 3.11. The lowest BCUT2D eigenvalue weighted by Crippen LogP contribution is -2.07. The largest absolute Gasteiger partial charge is 0.497 e. The van der Waals surface area contributed by atoms with Gasteiger partial charge in [0.25, 0.3) is 0 Å². The molecule has 2 aromatic carbocycles. The number of thiophene rings is 1. The molecule has 0 bridgehead atoms. The van der Waals surface area contributed by atoms with Crippen LogP contribution in [0.15, 0.2) is 47.8 Å². The first-order chi connectivity index (χ1) is 10.3. The Bertz CT molecular complexity index is 793. The van der Waals surface area contributed by atoms with Crippen LogP contribution in [0.2, 0.25) is 0 Å². The number of ether oxygens (including phenoxy) is 1. The van der Waals surface area contributed by atoms with Crippen LogP contribution in [0, 0.1) is 0 Å². The van der Waals surface area contributed by atoms with Gasteiger partial charge in [-0.3, -0.25) is 0 Å². The number of hydrogen-bond acceptors (Lipinski definition) is 3. The number of fused-ring (bicyclic) bond motifs is 2. The molecule has 0 saturated heterocycles. The number of nitrogens with one attached hydrogen (secondary N) is 1. The molecule has 1 aromatic heterocycles. The Hall–Kier alpha value is -2.00. The molecule has 106 valence electrons. The highest BCUT2D eigenvalue weighted by Gasteiger charge is 2.22. The van der Waals surface area contributed by atoms with Crippen LogP contribution in [0.4, 0.5) is 5.69 Å². The molecular weight excluding hydrogens is 278 g/mol. The number of anilines is 1. The zero-order valence-electron chi connectivity index (χ0n) is 11.9. The van der Waals surface area contributed by atoms with E-state index in [1.54, 1.807) is 18.4 Å². The molecule has 1 heterocycles. The van der Waals surface area contributed by atoms with Gasteiger partial charge in [0.15, 0.2) is 0 Å². The van der Waals surface area contributed by atoms with E-state index in [0.29, 0.717) is 6.04 Å². The van der Waals surface area contributed by atoms with E-state index in [-0.39, 0.29) is 0 Å². The Balaban J connectivity index is 1.64. The van der Waals surface area contributed by atoms with E-state index in [4.69, 9.17) is 4.74 Å². The molecule has 0 spiro atoms. The van der Waals surface area contributed by atoms with Gasteiger partial charge < -0.3 is 10.1 Å². The highest BCUT2D eigenvalue weighted by Crippen LogP contribution is 2.36. The van der Waals surface area contributed by atoms with Crippen molar-refractivity contribution >= 4 is 27.1 Å². The van der Waals surface area contributed by atoms with Crippen molar-refractivity contribution in [3.05, 3.63) is 59.0 Å². The predicted octanol–water partition coefficient (Wildman–Crippen LogP) is 5.01. The third kappa shape index (κ3) is 2.28. The molecule has 1 atom stereocenters. The summed E-state index contributed by atoms with van der Waals surface area (Å²) in [7, 11) is 1.73. The summed E-state index contributed by atoms with van der Waals surface area (Å²) in [6.45, 7) is 0. The minimum Gasteiger partial charge on any atom is -0.497 e. The summed E-state index contributed by atoms with van der Waals surface area (Å²) in [5, 5.41) is 7.14. The molecule has 3 heteroatoms. The Kier molecular flexibility index (Phi) is 3.08. The molecule has 0 aliphatic heterocycles. The molecule has 3 aromatic rings. The van der Waals surface area contributed by atoms with Gasteiger partial charge in [0.05, 0.1) is 13.2 Å². The van der Waals surface area contributed by atoms with Crippen LogP contribution >= 0.6 is 11.3 Å². The smallest absolute Gasteiger partial charge is 0.119 e. The summed E-state index contributed by atoms with van der Waals surface area (Å²) in [5.41, 5.74) is 4.01. The van der Waals surface area contributed by atoms with E-state index < -0.39 is 0 Å². The summed E-state index contributed by atoms with van der Waals surface area (Å²) >= 11 is 1.79. The fraction of sp³-hybridized carbons (Fsp3) is 0.222. The number of aryl methyl sites for hydroxylation is 1. The van der Waals surface area contributed by atoms with Gasteiger partial charge in [0.1, 0.15) is 5.75 Å². The molecule has 1 aliphatic rings. The lowest BCUT2D eigenvalue weighted by Gasteiger charge is -2.16. The monoisotopic (exact) mass is 295 g/mol. The van der Waals surface area contributed by atoms with Crippen LogP contribution in [0.1, 0.15) is 23.6 Å². The molecular formula is C18H17NOS. The van der Waals surface area contributed by atoms with Crippen molar-refractivity contribution in [3.63, 3.8) is 0 Å². The maximum Gasteiger partial charge on any atom is 0.119 e. The van der Waals surface area contributed by atoms with E-state index in [1.165, 1.54) is 26.9 Å². The highest BCUT2D eigenvalue weighted by atomic mass is 32.1. The first kappa shape index (κ1) is 12.7. The van der Waals surface area contributed by atoms with E-state index in [1.807, 2.05) is 0 Å². The lowest BCUT2D eigenvalue weighted by molar-refractivity contribution is 0.414. The normalized spacial score (nSPS) is 16.9. The van der Waals surface area contributed by atoms with Gasteiger partial charge in [-0.2, -0.15) is 0 Å². The quantitative estimate of drug-likeness (QED) is 0.733. The SMILES string of the molecule is COc1ccc2c(c1)C(Nc1ccc3sccc3c1)CC2. The highest BCUT2D eigenvalue weighted by molar-refractivity contribution is 7.17. The summed E-state index contributed by atoms with van der Waals surface area (Å²) < 4.78 is 6.70. The van der Waals surface area contributed by atoms with Crippen molar-refractivity contribution in [2.75, 3.05) is 12.4 Å². The van der Waals surface area contributed by atoms with Crippen molar-refractivity contribution in [2.24, 2.45) is 0 Å². The van der Waals surface area contributed by atoms with Gasteiger partial charge in [-0.15, -0.1) is 11.3 Å². The topological polar surface area (TPSA) is 21.3 Å². The van der Waals surface area contributed by atoms with Gasteiger partial charge >= 0.3 is 0 Å². The molecule has 4 rings (SSSR count). The predicted molar refractivity (Wildman–Crippen MR) is 89.5 cm³/mol. The zero-order valence-corrected chi connectivity index (χ0v) is 12.7. The first-order valence-corrected chi connectivity index (χ1v) is 8.12. The summed E-state index contributed by atoms with van der Waals surface area (Å²) in [5.74, 6) is 0.940. The number of methoxy groups -OCH3 is 1. The molecule has 1 aliphatic carbocycles. The van der Waals surface area contributed by atoms with Crippen molar-refractivity contribution in [1.29, 1.82) is 0 Å². The van der Waals surface area contributed by atoms with E-state index in [0.717, 1.165) is 18.6 Å².